The van der Waals surface area contributed by atoms with Gasteiger partial charge in [-0.05, 0) is 17.5 Å². The third-order valence-electron chi connectivity index (χ3n) is 3.01. The molecule has 1 heterocycles. The number of nitrogens with one attached hydrogen (secondary N) is 2. The molecule has 0 radical (unpaired) electrons. The molecule has 4 nitrogen and oxygen atoms in total. The lowest BCUT2D eigenvalue weighted by Crippen LogP contribution is -2.27. The van der Waals surface area contributed by atoms with Gasteiger partial charge < -0.3 is 10.6 Å². The lowest BCUT2D eigenvalue weighted by atomic mass is 10.2. The van der Waals surface area contributed by atoms with Crippen molar-refractivity contribution < 1.29 is 4.79 Å². The van der Waals surface area contributed by atoms with Gasteiger partial charge in [-0.15, -0.1) is 0 Å². The van der Waals surface area contributed by atoms with E-state index in [4.69, 9.17) is 0 Å². The van der Waals surface area contributed by atoms with E-state index in [1.54, 1.807) is 12.4 Å². The van der Waals surface area contributed by atoms with Gasteiger partial charge in [0.2, 0.25) is 0 Å². The van der Waals surface area contributed by atoms with Gasteiger partial charge in [-0.2, -0.15) is 0 Å². The second-order valence-electron chi connectivity index (χ2n) is 5.41. The summed E-state index contributed by atoms with van der Waals surface area (Å²) in [4.78, 5) is 16.1. The standard InChI is InChI=1S/C17H21N3O/c1-13(2)9-20-17(21)15-8-16(12-18-11-15)19-10-14-6-4-3-5-7-14/h3-8,11-13,19H,9-10H2,1-2H3,(H,20,21). The third-order valence-corrected chi connectivity index (χ3v) is 3.01. The van der Waals surface area contributed by atoms with Crippen LogP contribution < -0.4 is 10.6 Å². The number of aromatic nitrogens is 1. The average Bonchev–Trinajstić information content (AvgIpc) is 2.52. The van der Waals surface area contributed by atoms with Crippen molar-refractivity contribution in [2.45, 2.75) is 20.4 Å². The smallest absolute Gasteiger partial charge is 0.252 e. The van der Waals surface area contributed by atoms with E-state index in [1.807, 2.05) is 24.3 Å². The number of benzene rings is 1. The van der Waals surface area contributed by atoms with Gasteiger partial charge >= 0.3 is 0 Å². The highest BCUT2D eigenvalue weighted by molar-refractivity contribution is 5.94. The van der Waals surface area contributed by atoms with E-state index >= 15 is 0 Å². The maximum absolute atomic E-state index is 12.0. The van der Waals surface area contributed by atoms with E-state index in [0.717, 1.165) is 5.69 Å². The van der Waals surface area contributed by atoms with Crippen LogP contribution in [0.1, 0.15) is 29.8 Å². The van der Waals surface area contributed by atoms with E-state index in [2.05, 4.69) is 41.6 Å². The average molecular weight is 283 g/mol. The summed E-state index contributed by atoms with van der Waals surface area (Å²) in [6.07, 6.45) is 3.31. The molecule has 0 unspecified atom stereocenters. The van der Waals surface area contributed by atoms with Crippen LogP contribution in [0.25, 0.3) is 0 Å². The number of hydrogen-bond acceptors (Lipinski definition) is 3. The van der Waals surface area contributed by atoms with Crippen molar-refractivity contribution in [2.75, 3.05) is 11.9 Å². The minimum atomic E-state index is -0.0837. The van der Waals surface area contributed by atoms with Gasteiger partial charge in [0.1, 0.15) is 0 Å². The number of anilines is 1. The molecule has 2 aromatic rings. The number of rotatable bonds is 6. The van der Waals surface area contributed by atoms with Crippen LogP contribution in [-0.4, -0.2) is 17.4 Å². The maximum Gasteiger partial charge on any atom is 0.252 e. The van der Waals surface area contributed by atoms with Crippen molar-refractivity contribution in [2.24, 2.45) is 5.92 Å². The molecule has 0 aliphatic carbocycles. The molecule has 2 rings (SSSR count). The molecule has 0 spiro atoms. The Morgan fingerprint density at radius 2 is 1.95 bits per heavy atom. The molecule has 110 valence electrons. The van der Waals surface area contributed by atoms with E-state index in [-0.39, 0.29) is 5.91 Å². The first-order chi connectivity index (χ1) is 10.1. The fraction of sp³-hybridized carbons (Fsp3) is 0.294. The molecule has 0 saturated heterocycles. The number of carbonyl (C=O) groups is 1. The number of hydrogen-bond donors (Lipinski definition) is 2. The number of nitrogens with zero attached hydrogens (tertiary/aromatic N) is 1. The van der Waals surface area contributed by atoms with Crippen LogP contribution in [0.3, 0.4) is 0 Å². The van der Waals surface area contributed by atoms with Gasteiger partial charge in [0.25, 0.3) is 5.91 Å². The molecule has 1 aromatic heterocycles. The van der Waals surface area contributed by atoms with Crippen molar-refractivity contribution in [3.05, 3.63) is 59.9 Å². The Balaban J connectivity index is 1.96. The lowest BCUT2D eigenvalue weighted by molar-refractivity contribution is 0.0948. The molecular weight excluding hydrogens is 262 g/mol. The first kappa shape index (κ1) is 15.0. The van der Waals surface area contributed by atoms with Gasteiger partial charge in [0, 0.05) is 25.5 Å². The maximum atomic E-state index is 12.0. The molecule has 0 atom stereocenters. The zero-order valence-corrected chi connectivity index (χ0v) is 12.5. The van der Waals surface area contributed by atoms with Gasteiger partial charge in [-0.1, -0.05) is 44.2 Å². The molecule has 0 aliphatic heterocycles. The first-order valence-corrected chi connectivity index (χ1v) is 7.16. The van der Waals surface area contributed by atoms with E-state index in [9.17, 15) is 4.79 Å². The summed E-state index contributed by atoms with van der Waals surface area (Å²) in [5.41, 5.74) is 2.61. The predicted molar refractivity (Wildman–Crippen MR) is 85.2 cm³/mol. The fourth-order valence-electron chi connectivity index (χ4n) is 1.86. The van der Waals surface area contributed by atoms with E-state index in [0.29, 0.717) is 24.6 Å². The lowest BCUT2D eigenvalue weighted by Gasteiger charge is -2.10. The SMILES string of the molecule is CC(C)CNC(=O)c1cncc(NCc2ccccc2)c1. The Bertz CT molecular complexity index is 582. The topological polar surface area (TPSA) is 54.0 Å². The monoisotopic (exact) mass is 283 g/mol. The molecule has 1 aromatic carbocycles. The minimum absolute atomic E-state index is 0.0837. The Morgan fingerprint density at radius 3 is 2.67 bits per heavy atom. The summed E-state index contributed by atoms with van der Waals surface area (Å²) in [5, 5.41) is 6.17. The van der Waals surface area contributed by atoms with Crippen molar-refractivity contribution in [1.29, 1.82) is 0 Å². The number of carbonyl (C=O) groups excluding carboxylic acids is 1. The minimum Gasteiger partial charge on any atom is -0.380 e. The highest BCUT2D eigenvalue weighted by atomic mass is 16.1. The molecule has 0 bridgehead atoms. The van der Waals surface area contributed by atoms with Crippen LogP contribution in [0.4, 0.5) is 5.69 Å². The Hall–Kier alpha value is -2.36. The van der Waals surface area contributed by atoms with Crippen molar-refractivity contribution in [1.82, 2.24) is 10.3 Å². The largest absolute Gasteiger partial charge is 0.380 e. The van der Waals surface area contributed by atoms with Gasteiger partial charge in [-0.3, -0.25) is 9.78 Å². The fourth-order valence-corrected chi connectivity index (χ4v) is 1.86. The van der Waals surface area contributed by atoms with Crippen molar-refractivity contribution in [3.63, 3.8) is 0 Å². The van der Waals surface area contributed by atoms with Crippen molar-refractivity contribution >= 4 is 11.6 Å². The van der Waals surface area contributed by atoms with Gasteiger partial charge in [0.15, 0.2) is 0 Å². The normalized spacial score (nSPS) is 10.4. The summed E-state index contributed by atoms with van der Waals surface area (Å²) in [6.45, 7) is 5.51. The summed E-state index contributed by atoms with van der Waals surface area (Å²) in [5.74, 6) is 0.348. The molecule has 4 heteroatoms. The van der Waals surface area contributed by atoms with E-state index in [1.165, 1.54) is 5.56 Å². The summed E-state index contributed by atoms with van der Waals surface area (Å²) in [7, 11) is 0. The van der Waals surface area contributed by atoms with Crippen LogP contribution >= 0.6 is 0 Å². The molecule has 2 N–H and O–H groups in total. The number of amides is 1. The molecule has 0 saturated carbocycles. The summed E-state index contributed by atoms with van der Waals surface area (Å²) in [6, 6.07) is 11.9. The highest BCUT2D eigenvalue weighted by Crippen LogP contribution is 2.10. The zero-order chi connectivity index (χ0) is 15.1. The van der Waals surface area contributed by atoms with Gasteiger partial charge in [0.05, 0.1) is 11.3 Å². The summed E-state index contributed by atoms with van der Waals surface area (Å²) < 4.78 is 0. The Morgan fingerprint density at radius 1 is 1.19 bits per heavy atom. The second-order valence-corrected chi connectivity index (χ2v) is 5.41. The number of pyridine rings is 1. The highest BCUT2D eigenvalue weighted by Gasteiger charge is 2.07. The first-order valence-electron chi connectivity index (χ1n) is 7.16. The van der Waals surface area contributed by atoms with Crippen LogP contribution in [0.2, 0.25) is 0 Å². The molecule has 1 amide bonds. The van der Waals surface area contributed by atoms with Crippen molar-refractivity contribution in [3.8, 4) is 0 Å². The van der Waals surface area contributed by atoms with Crippen LogP contribution in [0, 0.1) is 5.92 Å². The Kier molecular flexibility index (Phi) is 5.32. The second kappa shape index (κ2) is 7.43. The molecule has 0 fully saturated rings. The van der Waals surface area contributed by atoms with Crippen LogP contribution in [0.15, 0.2) is 48.8 Å². The summed E-state index contributed by atoms with van der Waals surface area (Å²) >= 11 is 0. The van der Waals surface area contributed by atoms with Gasteiger partial charge in [-0.25, -0.2) is 0 Å². The molecular formula is C17H21N3O. The van der Waals surface area contributed by atoms with Crippen LogP contribution in [0.5, 0.6) is 0 Å². The third kappa shape index (κ3) is 4.91. The molecule has 21 heavy (non-hydrogen) atoms. The predicted octanol–water partition coefficient (Wildman–Crippen LogP) is 3.08. The Labute approximate surface area is 125 Å². The quantitative estimate of drug-likeness (QED) is 0.856. The zero-order valence-electron chi connectivity index (χ0n) is 12.5. The van der Waals surface area contributed by atoms with Crippen LogP contribution in [-0.2, 0) is 6.54 Å². The molecule has 0 aliphatic rings. The van der Waals surface area contributed by atoms with E-state index < -0.39 is 0 Å².